The van der Waals surface area contributed by atoms with E-state index < -0.39 is 21.7 Å². The molecule has 0 saturated carbocycles. The van der Waals surface area contributed by atoms with E-state index in [1.807, 2.05) is 30.3 Å². The Labute approximate surface area is 258 Å². The Morgan fingerprint density at radius 2 is 1.88 bits per heavy atom. The van der Waals surface area contributed by atoms with E-state index in [1.54, 1.807) is 59.9 Å². The molecule has 0 aliphatic carbocycles. The van der Waals surface area contributed by atoms with Crippen LogP contribution in [-0.2, 0) is 26.0 Å². The number of nitrogens with one attached hydrogen (secondary N) is 4. The largest absolute Gasteiger partial charge is 0.447 e. The van der Waals surface area contributed by atoms with E-state index in [0.717, 1.165) is 10.6 Å². The minimum Gasteiger partial charge on any atom is -0.447 e. The summed E-state index contributed by atoms with van der Waals surface area (Å²) in [6, 6.07) is 9.04. The molecule has 11 nitrogen and oxygen atoms in total. The highest BCUT2D eigenvalue weighted by atomic mass is 32.2. The number of sulfonamides is 1. The maximum atomic E-state index is 13.0. The summed E-state index contributed by atoms with van der Waals surface area (Å²) >= 11 is 1.36. The molecule has 1 aromatic heterocycles. The highest BCUT2D eigenvalue weighted by Gasteiger charge is 2.28. The fraction of sp³-hybridized carbons (Fsp3) is 0.500. The predicted molar refractivity (Wildman–Crippen MR) is 169 cm³/mol. The maximum Gasteiger partial charge on any atom is 0.407 e. The molecular formula is C30H43N5O6S2. The Hall–Kier alpha value is -3.26. The lowest BCUT2D eigenvalue weighted by molar-refractivity contribution is -0.00533. The Morgan fingerprint density at radius 1 is 1.16 bits per heavy atom. The number of carbonyl (C=O) groups excluding carboxylic acids is 2. The van der Waals surface area contributed by atoms with Gasteiger partial charge in [0.25, 0.3) is 0 Å². The van der Waals surface area contributed by atoms with Crippen molar-refractivity contribution in [3.8, 4) is 0 Å². The van der Waals surface area contributed by atoms with Crippen LogP contribution >= 0.6 is 11.3 Å². The van der Waals surface area contributed by atoms with Gasteiger partial charge in [-0.25, -0.2) is 27.7 Å². The number of rotatable bonds is 11. The van der Waals surface area contributed by atoms with Crippen LogP contribution in [0.3, 0.4) is 0 Å². The third-order valence-electron chi connectivity index (χ3n) is 6.00. The number of carbonyl (C=O) groups is 2. The van der Waals surface area contributed by atoms with Crippen LogP contribution in [0.1, 0.15) is 75.9 Å². The zero-order valence-electron chi connectivity index (χ0n) is 25.6. The number of amides is 3. The second-order valence-corrected chi connectivity index (χ2v) is 14.5. The minimum atomic E-state index is -3.69. The number of urea groups is 1. The molecule has 1 saturated heterocycles. The van der Waals surface area contributed by atoms with E-state index in [2.05, 4.69) is 25.7 Å². The molecule has 1 aliphatic heterocycles. The molecule has 43 heavy (non-hydrogen) atoms. The summed E-state index contributed by atoms with van der Waals surface area (Å²) in [5.41, 5.74) is 1.40. The normalized spacial score (nSPS) is 18.3. The molecule has 0 bridgehead atoms. The van der Waals surface area contributed by atoms with Crippen LogP contribution < -0.4 is 20.7 Å². The van der Waals surface area contributed by atoms with Gasteiger partial charge < -0.3 is 25.4 Å². The topological polar surface area (TPSA) is 148 Å². The zero-order valence-corrected chi connectivity index (χ0v) is 27.2. The first-order valence-corrected chi connectivity index (χ1v) is 16.7. The van der Waals surface area contributed by atoms with Crippen LogP contribution in [0.5, 0.6) is 0 Å². The summed E-state index contributed by atoms with van der Waals surface area (Å²) in [4.78, 5) is 29.5. The average Bonchev–Trinajstić information content (AvgIpc) is 3.39. The molecule has 4 N–H and O–H groups in total. The molecule has 0 spiro atoms. The summed E-state index contributed by atoms with van der Waals surface area (Å²) in [6.07, 6.45) is 5.40. The third-order valence-corrected chi connectivity index (χ3v) is 8.78. The zero-order chi connectivity index (χ0) is 31.6. The fourth-order valence-electron chi connectivity index (χ4n) is 4.24. The standard InChI is InChI=1S/C30H43N5O6S2/c1-20(2)41-29(37)34-24-14-15-25(40-18-24)27-31-17-26(42-27)23(19-43(38,39)35-30(4,5)6)13-12-21(3)33-28(36)32-16-22-10-8-7-9-11-22/h7-13,17,20,24-25,35H,14-16,18-19H2,1-6H3,(H,34,37)(H2,32,33,36)/b21-12+,23-13+/t24-,25+/m1/s1. The van der Waals surface area contributed by atoms with E-state index in [1.165, 1.54) is 11.3 Å². The smallest absolute Gasteiger partial charge is 0.407 e. The van der Waals surface area contributed by atoms with Gasteiger partial charge in [0, 0.05) is 24.0 Å². The highest BCUT2D eigenvalue weighted by molar-refractivity contribution is 7.90. The first-order valence-electron chi connectivity index (χ1n) is 14.2. The van der Waals surface area contributed by atoms with Gasteiger partial charge in [0.2, 0.25) is 10.0 Å². The van der Waals surface area contributed by atoms with Crippen molar-refractivity contribution in [3.05, 3.63) is 69.8 Å². The second kappa shape index (κ2) is 15.5. The molecule has 0 unspecified atom stereocenters. The SMILES string of the molecule is C/C(=C\C=C(/CS(=O)(=O)NC(C)(C)C)c1cnc([C@@H]2CC[C@@H](NC(=O)OC(C)C)CO2)s1)NC(=O)NCc1ccccc1. The van der Waals surface area contributed by atoms with Gasteiger partial charge in [0.1, 0.15) is 11.1 Å². The van der Waals surface area contributed by atoms with Gasteiger partial charge in [0.15, 0.2) is 0 Å². The van der Waals surface area contributed by atoms with E-state index in [-0.39, 0.29) is 30.0 Å². The van der Waals surface area contributed by atoms with Crippen molar-refractivity contribution in [1.82, 2.24) is 25.7 Å². The molecule has 3 amide bonds. The Kier molecular flexibility index (Phi) is 12.3. The fourth-order valence-corrected chi connectivity index (χ4v) is 7.02. The van der Waals surface area contributed by atoms with E-state index in [4.69, 9.17) is 9.47 Å². The summed E-state index contributed by atoms with van der Waals surface area (Å²) in [5.74, 6) is -0.272. The van der Waals surface area contributed by atoms with Gasteiger partial charge in [-0.3, -0.25) is 0 Å². The molecule has 13 heteroatoms. The quantitative estimate of drug-likeness (QED) is 0.255. The number of nitrogens with zero attached hydrogens (tertiary/aromatic N) is 1. The molecule has 1 fully saturated rings. The van der Waals surface area contributed by atoms with Gasteiger partial charge in [-0.2, -0.15) is 0 Å². The van der Waals surface area contributed by atoms with Crippen LogP contribution in [0, 0.1) is 0 Å². The van der Waals surface area contributed by atoms with E-state index in [9.17, 15) is 18.0 Å². The van der Waals surface area contributed by atoms with Crippen molar-refractivity contribution in [1.29, 1.82) is 0 Å². The van der Waals surface area contributed by atoms with Gasteiger partial charge in [-0.05, 0) is 71.6 Å². The molecular weight excluding hydrogens is 590 g/mol. The minimum absolute atomic E-state index is 0.156. The molecule has 2 atom stereocenters. The van der Waals surface area contributed by atoms with E-state index >= 15 is 0 Å². The molecule has 1 aliphatic rings. The van der Waals surface area contributed by atoms with E-state index in [0.29, 0.717) is 42.1 Å². The van der Waals surface area contributed by atoms with Crippen molar-refractivity contribution < 1.29 is 27.5 Å². The van der Waals surface area contributed by atoms with Crippen molar-refractivity contribution in [2.24, 2.45) is 0 Å². The van der Waals surface area contributed by atoms with Crippen LogP contribution in [0.4, 0.5) is 9.59 Å². The summed E-state index contributed by atoms with van der Waals surface area (Å²) in [5, 5.41) is 9.12. The lowest BCUT2D eigenvalue weighted by atomic mass is 10.1. The van der Waals surface area contributed by atoms with Gasteiger partial charge in [0.05, 0.1) is 29.4 Å². The summed E-state index contributed by atoms with van der Waals surface area (Å²) in [6.45, 7) is 11.4. The van der Waals surface area contributed by atoms with Crippen molar-refractivity contribution in [2.45, 2.75) is 84.7 Å². The first kappa shape index (κ1) is 34.2. The number of allylic oxidation sites excluding steroid dienone is 3. The number of benzene rings is 1. The van der Waals surface area contributed by atoms with Gasteiger partial charge in [-0.1, -0.05) is 36.4 Å². The second-order valence-electron chi connectivity index (χ2n) is 11.7. The Balaban J connectivity index is 1.70. The molecule has 2 aromatic rings. The lowest BCUT2D eigenvalue weighted by Gasteiger charge is -2.28. The highest BCUT2D eigenvalue weighted by Crippen LogP contribution is 2.33. The number of hydrogen-bond acceptors (Lipinski definition) is 8. The summed E-state index contributed by atoms with van der Waals surface area (Å²) in [7, 11) is -3.69. The lowest BCUT2D eigenvalue weighted by Crippen LogP contribution is -2.42. The van der Waals surface area contributed by atoms with Crippen LogP contribution in [0.25, 0.3) is 5.57 Å². The average molecular weight is 634 g/mol. The van der Waals surface area contributed by atoms with Gasteiger partial charge >= 0.3 is 12.1 Å². The monoisotopic (exact) mass is 633 g/mol. The van der Waals surface area contributed by atoms with Crippen LogP contribution in [0.15, 0.2) is 54.4 Å². The number of alkyl carbamates (subject to hydrolysis) is 1. The number of thiazole rings is 1. The Bertz CT molecular complexity index is 1390. The Morgan fingerprint density at radius 3 is 2.51 bits per heavy atom. The molecule has 0 radical (unpaired) electrons. The third kappa shape index (κ3) is 12.5. The van der Waals surface area contributed by atoms with Crippen molar-refractivity contribution >= 4 is 39.1 Å². The van der Waals surface area contributed by atoms with Crippen molar-refractivity contribution in [2.75, 3.05) is 12.4 Å². The number of hydrogen-bond donors (Lipinski definition) is 4. The summed E-state index contributed by atoms with van der Waals surface area (Å²) < 4.78 is 39.9. The van der Waals surface area contributed by atoms with Crippen LogP contribution in [-0.4, -0.2) is 55.6 Å². The number of aromatic nitrogens is 1. The van der Waals surface area contributed by atoms with Crippen LogP contribution in [0.2, 0.25) is 0 Å². The number of ether oxygens (including phenoxy) is 2. The molecule has 3 rings (SSSR count). The maximum absolute atomic E-state index is 13.0. The molecule has 1 aromatic carbocycles. The molecule has 236 valence electrons. The first-order chi connectivity index (χ1) is 20.2. The molecule has 2 heterocycles. The van der Waals surface area contributed by atoms with Crippen molar-refractivity contribution in [3.63, 3.8) is 0 Å². The van der Waals surface area contributed by atoms with Gasteiger partial charge in [-0.15, -0.1) is 11.3 Å². The predicted octanol–water partition coefficient (Wildman–Crippen LogP) is 5.00.